The Kier molecular flexibility index (Phi) is 5.14. The van der Waals surface area contributed by atoms with Crippen molar-refractivity contribution in [2.75, 3.05) is 5.32 Å². The van der Waals surface area contributed by atoms with E-state index in [0.29, 0.717) is 23.4 Å². The van der Waals surface area contributed by atoms with Crippen molar-refractivity contribution in [3.05, 3.63) is 63.8 Å². The lowest BCUT2D eigenvalue weighted by Crippen LogP contribution is -2.13. The van der Waals surface area contributed by atoms with Crippen LogP contribution in [0.15, 0.2) is 42.6 Å². The van der Waals surface area contributed by atoms with Crippen molar-refractivity contribution in [2.24, 2.45) is 0 Å². The molecule has 1 N–H and O–H groups in total. The Labute approximate surface area is 132 Å². The van der Waals surface area contributed by atoms with Gasteiger partial charge in [-0.05, 0) is 31.0 Å². The molecule has 0 spiro atoms. The highest BCUT2D eigenvalue weighted by Gasteiger charge is 2.08. The van der Waals surface area contributed by atoms with E-state index < -0.39 is 4.92 Å². The van der Waals surface area contributed by atoms with Gasteiger partial charge in [0.2, 0.25) is 5.91 Å². The Hall–Kier alpha value is -3.09. The van der Waals surface area contributed by atoms with E-state index in [1.54, 1.807) is 24.3 Å². The molecular weight excluding hydrogens is 298 g/mol. The SMILES string of the molecule is CC(=O)c1ccc(NC(=O)CCc2cccc([N+](=O)[O-])c2)nc1. The zero-order valence-corrected chi connectivity index (χ0v) is 12.5. The first kappa shape index (κ1) is 16.3. The summed E-state index contributed by atoms with van der Waals surface area (Å²) in [6, 6.07) is 9.33. The van der Waals surface area contributed by atoms with Crippen LogP contribution in [0.1, 0.15) is 29.3 Å². The molecule has 0 aliphatic heterocycles. The Balaban J connectivity index is 1.91. The number of hydrogen-bond acceptors (Lipinski definition) is 5. The van der Waals surface area contributed by atoms with Crippen molar-refractivity contribution in [2.45, 2.75) is 19.8 Å². The number of nitrogens with one attached hydrogen (secondary N) is 1. The van der Waals surface area contributed by atoms with Gasteiger partial charge in [-0.3, -0.25) is 19.7 Å². The number of benzene rings is 1. The van der Waals surface area contributed by atoms with Gasteiger partial charge in [0.25, 0.3) is 5.69 Å². The minimum absolute atomic E-state index is 0.00407. The summed E-state index contributed by atoms with van der Waals surface area (Å²) >= 11 is 0. The van der Waals surface area contributed by atoms with Gasteiger partial charge in [-0.25, -0.2) is 4.98 Å². The number of nitro benzene ring substituents is 1. The lowest BCUT2D eigenvalue weighted by atomic mass is 10.1. The fourth-order valence-electron chi connectivity index (χ4n) is 1.96. The summed E-state index contributed by atoms with van der Waals surface area (Å²) < 4.78 is 0. The van der Waals surface area contributed by atoms with Crippen molar-refractivity contribution in [3.8, 4) is 0 Å². The molecule has 0 fully saturated rings. The van der Waals surface area contributed by atoms with Crippen LogP contribution in [0.3, 0.4) is 0 Å². The third-order valence-corrected chi connectivity index (χ3v) is 3.20. The molecule has 0 saturated heterocycles. The predicted molar refractivity (Wildman–Crippen MR) is 84.3 cm³/mol. The Morgan fingerprint density at radius 1 is 1.26 bits per heavy atom. The lowest BCUT2D eigenvalue weighted by molar-refractivity contribution is -0.384. The van der Waals surface area contributed by atoms with Crippen LogP contribution in [-0.4, -0.2) is 21.6 Å². The van der Waals surface area contributed by atoms with Crippen molar-refractivity contribution >= 4 is 23.2 Å². The summed E-state index contributed by atoms with van der Waals surface area (Å²) in [4.78, 5) is 37.2. The summed E-state index contributed by atoms with van der Waals surface area (Å²) in [6.07, 6.45) is 1.97. The Morgan fingerprint density at radius 3 is 2.65 bits per heavy atom. The number of aromatic nitrogens is 1. The van der Waals surface area contributed by atoms with Gasteiger partial charge in [-0.15, -0.1) is 0 Å². The van der Waals surface area contributed by atoms with E-state index in [9.17, 15) is 19.7 Å². The molecule has 2 aromatic rings. The molecule has 0 aliphatic rings. The number of amides is 1. The van der Waals surface area contributed by atoms with E-state index in [0.717, 1.165) is 0 Å². The first-order valence-corrected chi connectivity index (χ1v) is 6.96. The van der Waals surface area contributed by atoms with E-state index in [4.69, 9.17) is 0 Å². The number of ketones is 1. The number of non-ortho nitro benzene ring substituents is 1. The number of Topliss-reactive ketones (excluding diaryl/α,β-unsaturated/α-hetero) is 1. The molecule has 1 aromatic heterocycles. The third-order valence-electron chi connectivity index (χ3n) is 3.20. The van der Waals surface area contributed by atoms with Gasteiger partial charge in [0.1, 0.15) is 5.82 Å². The van der Waals surface area contributed by atoms with Gasteiger partial charge in [0, 0.05) is 30.3 Å². The minimum atomic E-state index is -0.468. The molecule has 1 aromatic carbocycles. The summed E-state index contributed by atoms with van der Waals surface area (Å²) in [5.41, 5.74) is 1.19. The normalized spacial score (nSPS) is 10.1. The monoisotopic (exact) mass is 313 g/mol. The van der Waals surface area contributed by atoms with Gasteiger partial charge in [0.05, 0.1) is 4.92 Å². The summed E-state index contributed by atoms with van der Waals surface area (Å²) in [5.74, 6) is 0.0136. The van der Waals surface area contributed by atoms with Gasteiger partial charge in [-0.2, -0.15) is 0 Å². The summed E-state index contributed by atoms with van der Waals surface area (Å²) in [5, 5.41) is 13.3. The first-order valence-electron chi connectivity index (χ1n) is 6.96. The molecule has 1 amide bonds. The smallest absolute Gasteiger partial charge is 0.269 e. The second-order valence-corrected chi connectivity index (χ2v) is 4.96. The molecule has 0 aliphatic carbocycles. The van der Waals surface area contributed by atoms with Crippen LogP contribution in [-0.2, 0) is 11.2 Å². The minimum Gasteiger partial charge on any atom is -0.311 e. The highest BCUT2D eigenvalue weighted by molar-refractivity contribution is 5.94. The van der Waals surface area contributed by atoms with E-state index in [-0.39, 0.29) is 23.8 Å². The number of rotatable bonds is 6. The maximum absolute atomic E-state index is 11.9. The molecule has 2 rings (SSSR count). The predicted octanol–water partition coefficient (Wildman–Crippen LogP) is 2.76. The Morgan fingerprint density at radius 2 is 2.04 bits per heavy atom. The number of carbonyl (C=O) groups is 2. The molecule has 23 heavy (non-hydrogen) atoms. The van der Waals surface area contributed by atoms with Gasteiger partial charge < -0.3 is 5.32 Å². The first-order chi connectivity index (χ1) is 11.0. The maximum atomic E-state index is 11.9. The second-order valence-electron chi connectivity index (χ2n) is 4.96. The van der Waals surface area contributed by atoms with Crippen LogP contribution in [0.25, 0.3) is 0 Å². The van der Waals surface area contributed by atoms with Crippen molar-refractivity contribution < 1.29 is 14.5 Å². The van der Waals surface area contributed by atoms with Crippen LogP contribution in [0.4, 0.5) is 11.5 Å². The molecule has 0 bridgehead atoms. The molecule has 0 unspecified atom stereocenters. The largest absolute Gasteiger partial charge is 0.311 e. The highest BCUT2D eigenvalue weighted by Crippen LogP contribution is 2.14. The van der Waals surface area contributed by atoms with Crippen molar-refractivity contribution in [1.82, 2.24) is 4.98 Å². The highest BCUT2D eigenvalue weighted by atomic mass is 16.6. The van der Waals surface area contributed by atoms with Crippen molar-refractivity contribution in [1.29, 1.82) is 0 Å². The number of pyridine rings is 1. The summed E-state index contributed by atoms with van der Waals surface area (Å²) in [6.45, 7) is 1.44. The number of anilines is 1. The topological polar surface area (TPSA) is 102 Å². The third kappa shape index (κ3) is 4.70. The van der Waals surface area contributed by atoms with Crippen LogP contribution in [0.2, 0.25) is 0 Å². The van der Waals surface area contributed by atoms with Crippen molar-refractivity contribution in [3.63, 3.8) is 0 Å². The average molecular weight is 313 g/mol. The molecule has 7 heteroatoms. The molecule has 0 atom stereocenters. The number of nitro groups is 1. The van der Waals surface area contributed by atoms with Gasteiger partial charge in [0.15, 0.2) is 5.78 Å². The Bertz CT molecular complexity index is 741. The quantitative estimate of drug-likeness (QED) is 0.502. The van der Waals surface area contributed by atoms with Crippen LogP contribution in [0.5, 0.6) is 0 Å². The number of hydrogen-bond donors (Lipinski definition) is 1. The zero-order valence-electron chi connectivity index (χ0n) is 12.5. The average Bonchev–Trinajstić information content (AvgIpc) is 2.53. The summed E-state index contributed by atoms with van der Waals surface area (Å²) in [7, 11) is 0. The standard InChI is InChI=1S/C16H15N3O4/c1-11(20)13-6-7-15(17-10-13)18-16(21)8-5-12-3-2-4-14(9-12)19(22)23/h2-4,6-7,9-10H,5,8H2,1H3,(H,17,18,21). The van der Waals surface area contributed by atoms with Crippen LogP contribution < -0.4 is 5.32 Å². The second kappa shape index (κ2) is 7.26. The number of carbonyl (C=O) groups excluding carboxylic acids is 2. The molecule has 118 valence electrons. The van der Waals surface area contributed by atoms with Crippen LogP contribution in [0, 0.1) is 10.1 Å². The van der Waals surface area contributed by atoms with E-state index in [1.807, 2.05) is 0 Å². The number of nitrogens with zero attached hydrogens (tertiary/aromatic N) is 2. The zero-order chi connectivity index (χ0) is 16.8. The molecule has 0 radical (unpaired) electrons. The molecule has 1 heterocycles. The lowest BCUT2D eigenvalue weighted by Gasteiger charge is -2.05. The fraction of sp³-hybridized carbons (Fsp3) is 0.188. The fourth-order valence-corrected chi connectivity index (χ4v) is 1.96. The molecule has 7 nitrogen and oxygen atoms in total. The van der Waals surface area contributed by atoms with E-state index >= 15 is 0 Å². The van der Waals surface area contributed by atoms with Crippen LogP contribution >= 0.6 is 0 Å². The van der Waals surface area contributed by atoms with Gasteiger partial charge in [-0.1, -0.05) is 12.1 Å². The number of aryl methyl sites for hydroxylation is 1. The van der Waals surface area contributed by atoms with Gasteiger partial charge >= 0.3 is 0 Å². The van der Waals surface area contributed by atoms with E-state index in [1.165, 1.54) is 25.3 Å². The maximum Gasteiger partial charge on any atom is 0.269 e. The van der Waals surface area contributed by atoms with E-state index in [2.05, 4.69) is 10.3 Å². The molecular formula is C16H15N3O4. The molecule has 0 saturated carbocycles.